The van der Waals surface area contributed by atoms with Crippen molar-refractivity contribution in [2.24, 2.45) is 5.92 Å². The van der Waals surface area contributed by atoms with Gasteiger partial charge in [0.1, 0.15) is 5.92 Å². The summed E-state index contributed by atoms with van der Waals surface area (Å²) in [5, 5.41) is 0. The second-order valence-corrected chi connectivity index (χ2v) is 7.84. The molecule has 2 aliphatic heterocycles. The molecule has 0 aliphatic carbocycles. The summed E-state index contributed by atoms with van der Waals surface area (Å²) in [5.41, 5.74) is 0.965. The fraction of sp³-hybridized carbons (Fsp3) is 0.562. The summed E-state index contributed by atoms with van der Waals surface area (Å²) in [6.07, 6.45) is 0.994. The first-order chi connectivity index (χ1) is 11.3. The van der Waals surface area contributed by atoms with E-state index in [0.717, 1.165) is 11.8 Å². The van der Waals surface area contributed by atoms with Crippen LogP contribution in [0.3, 0.4) is 0 Å². The molecule has 0 unspecified atom stereocenters. The number of hydrogen-bond donors (Lipinski definition) is 0. The van der Waals surface area contributed by atoms with Crippen molar-refractivity contribution in [2.45, 2.75) is 25.3 Å². The number of carbonyl (C=O) groups excluding carboxylic acids is 1. The number of amides is 1. The summed E-state index contributed by atoms with van der Waals surface area (Å²) in [4.78, 5) is 14.3. The van der Waals surface area contributed by atoms with E-state index in [1.54, 1.807) is 11.8 Å². The van der Waals surface area contributed by atoms with Crippen molar-refractivity contribution in [1.29, 1.82) is 0 Å². The lowest BCUT2D eigenvalue weighted by Crippen LogP contribution is -2.69. The van der Waals surface area contributed by atoms with Crippen LogP contribution in [0.1, 0.15) is 12.5 Å². The highest BCUT2D eigenvalue weighted by atomic mass is 32.2. The van der Waals surface area contributed by atoms with Crippen molar-refractivity contribution in [1.82, 2.24) is 4.90 Å². The Morgan fingerprint density at radius 2 is 1.88 bits per heavy atom. The van der Waals surface area contributed by atoms with E-state index in [1.807, 2.05) is 30.3 Å². The Morgan fingerprint density at radius 3 is 2.46 bits per heavy atom. The zero-order chi connectivity index (χ0) is 17.4. The first kappa shape index (κ1) is 17.3. The average molecular weight is 355 g/mol. The fourth-order valence-electron chi connectivity index (χ4n) is 3.24. The van der Waals surface area contributed by atoms with Crippen LogP contribution >= 0.6 is 0 Å². The van der Waals surface area contributed by atoms with Gasteiger partial charge >= 0.3 is 0 Å². The molecular formula is C16H21NO6S. The Morgan fingerprint density at radius 1 is 1.25 bits per heavy atom. The molecule has 0 aromatic heterocycles. The van der Waals surface area contributed by atoms with E-state index in [1.165, 1.54) is 0 Å². The van der Waals surface area contributed by atoms with Gasteiger partial charge in [-0.15, -0.1) is 0 Å². The number of benzene rings is 1. The van der Waals surface area contributed by atoms with E-state index >= 15 is 0 Å². The van der Waals surface area contributed by atoms with Crippen molar-refractivity contribution < 1.29 is 26.9 Å². The van der Waals surface area contributed by atoms with Gasteiger partial charge in [0.15, 0.2) is 5.79 Å². The molecule has 24 heavy (non-hydrogen) atoms. The largest absolute Gasteiger partial charge is 0.347 e. The number of nitrogens with zero attached hydrogens (tertiary/aromatic N) is 1. The maximum atomic E-state index is 12.7. The van der Waals surface area contributed by atoms with E-state index in [0.29, 0.717) is 19.8 Å². The van der Waals surface area contributed by atoms with Crippen molar-refractivity contribution in [2.75, 3.05) is 26.1 Å². The molecule has 1 aromatic carbocycles. The molecule has 2 fully saturated rings. The summed E-state index contributed by atoms with van der Waals surface area (Å²) in [6, 6.07) is 9.09. The van der Waals surface area contributed by atoms with Gasteiger partial charge in [0.2, 0.25) is 5.91 Å². The van der Waals surface area contributed by atoms with E-state index in [-0.39, 0.29) is 12.5 Å². The van der Waals surface area contributed by atoms with Crippen LogP contribution in [-0.2, 0) is 35.1 Å². The molecule has 0 N–H and O–H groups in total. The van der Waals surface area contributed by atoms with Gasteiger partial charge in [0.05, 0.1) is 32.1 Å². The first-order valence-corrected chi connectivity index (χ1v) is 9.58. The van der Waals surface area contributed by atoms with E-state index in [2.05, 4.69) is 0 Å². The highest BCUT2D eigenvalue weighted by Gasteiger charge is 2.59. The van der Waals surface area contributed by atoms with Crippen LogP contribution in [0.25, 0.3) is 0 Å². The third-order valence-corrected chi connectivity index (χ3v) is 4.97. The molecule has 0 radical (unpaired) electrons. The van der Waals surface area contributed by atoms with Gasteiger partial charge in [-0.2, -0.15) is 8.42 Å². The van der Waals surface area contributed by atoms with Crippen LogP contribution in [0.2, 0.25) is 0 Å². The summed E-state index contributed by atoms with van der Waals surface area (Å²) in [6.45, 7) is 2.83. The number of β-lactam (4-membered cyclic amide) rings is 1. The van der Waals surface area contributed by atoms with Crippen LogP contribution in [-0.4, -0.2) is 57.1 Å². The lowest BCUT2D eigenvalue weighted by Gasteiger charge is -2.51. The maximum absolute atomic E-state index is 12.7. The molecular weight excluding hydrogens is 334 g/mol. The lowest BCUT2D eigenvalue weighted by molar-refractivity contribution is -0.231. The highest BCUT2D eigenvalue weighted by Crippen LogP contribution is 2.41. The smallest absolute Gasteiger partial charge is 0.264 e. The summed E-state index contributed by atoms with van der Waals surface area (Å²) >= 11 is 0. The third-order valence-electron chi connectivity index (χ3n) is 4.41. The molecule has 2 atom stereocenters. The Kier molecular flexibility index (Phi) is 4.65. The quantitative estimate of drug-likeness (QED) is 0.553. The summed E-state index contributed by atoms with van der Waals surface area (Å²) in [7, 11) is -3.60. The molecule has 0 bridgehead atoms. The normalized spacial score (nSPS) is 26.4. The second kappa shape index (κ2) is 6.44. The predicted molar refractivity (Wildman–Crippen MR) is 85.4 cm³/mol. The van der Waals surface area contributed by atoms with Crippen LogP contribution in [0.4, 0.5) is 0 Å². The Hall–Kier alpha value is -1.48. The minimum Gasteiger partial charge on any atom is -0.347 e. The molecule has 1 aromatic rings. The second-order valence-electron chi connectivity index (χ2n) is 6.20. The van der Waals surface area contributed by atoms with Gasteiger partial charge in [0.25, 0.3) is 10.1 Å². The Bertz CT molecular complexity index is 699. The standard InChI is InChI=1S/C16H21NO6S/c1-16(21-8-9-22-16)14-13(11-23-24(2,19)20)17(15(14)18)10-12-6-4-3-5-7-12/h3-7,13-14H,8-11H2,1-2H3/t13-,14-/m0/s1. The van der Waals surface area contributed by atoms with Gasteiger partial charge in [-0.05, 0) is 12.5 Å². The molecule has 0 spiro atoms. The van der Waals surface area contributed by atoms with Crippen molar-refractivity contribution in [3.63, 3.8) is 0 Å². The summed E-state index contributed by atoms with van der Waals surface area (Å²) in [5.74, 6) is -1.73. The zero-order valence-electron chi connectivity index (χ0n) is 13.7. The number of ether oxygens (including phenoxy) is 2. The predicted octanol–water partition coefficient (Wildman–Crippen LogP) is 0.753. The minimum absolute atomic E-state index is 0.107. The van der Waals surface area contributed by atoms with Crippen LogP contribution in [0.15, 0.2) is 30.3 Å². The molecule has 2 heterocycles. The van der Waals surface area contributed by atoms with Gasteiger partial charge in [-0.1, -0.05) is 30.3 Å². The topological polar surface area (TPSA) is 82.1 Å². The molecule has 7 nitrogen and oxygen atoms in total. The number of hydrogen-bond acceptors (Lipinski definition) is 6. The van der Waals surface area contributed by atoms with E-state index in [4.69, 9.17) is 13.7 Å². The van der Waals surface area contributed by atoms with Crippen LogP contribution < -0.4 is 0 Å². The van der Waals surface area contributed by atoms with Crippen molar-refractivity contribution >= 4 is 16.0 Å². The van der Waals surface area contributed by atoms with Crippen LogP contribution in [0, 0.1) is 5.92 Å². The first-order valence-electron chi connectivity index (χ1n) is 7.77. The van der Waals surface area contributed by atoms with Gasteiger partial charge in [-0.3, -0.25) is 8.98 Å². The SMILES string of the molecule is CC1([C@@H]2C(=O)N(Cc3ccccc3)[C@H]2COS(C)(=O)=O)OCCO1. The van der Waals surface area contributed by atoms with Crippen molar-refractivity contribution in [3.05, 3.63) is 35.9 Å². The fourth-order valence-corrected chi connectivity index (χ4v) is 3.63. The third kappa shape index (κ3) is 3.46. The zero-order valence-corrected chi connectivity index (χ0v) is 14.5. The Balaban J connectivity index is 1.78. The maximum Gasteiger partial charge on any atom is 0.264 e. The summed E-state index contributed by atoms with van der Waals surface area (Å²) < 4.78 is 38.8. The molecule has 0 saturated carbocycles. The van der Waals surface area contributed by atoms with Crippen LogP contribution in [0.5, 0.6) is 0 Å². The average Bonchev–Trinajstić information content (AvgIpc) is 2.95. The monoisotopic (exact) mass is 355 g/mol. The van der Waals surface area contributed by atoms with Gasteiger partial charge < -0.3 is 14.4 Å². The number of rotatable bonds is 6. The molecule has 1 amide bonds. The molecule has 2 saturated heterocycles. The molecule has 132 valence electrons. The van der Waals surface area contributed by atoms with E-state index in [9.17, 15) is 13.2 Å². The number of carbonyl (C=O) groups is 1. The lowest BCUT2D eigenvalue weighted by atomic mass is 9.81. The molecule has 2 aliphatic rings. The molecule has 8 heteroatoms. The van der Waals surface area contributed by atoms with Gasteiger partial charge in [-0.25, -0.2) is 0 Å². The highest BCUT2D eigenvalue weighted by molar-refractivity contribution is 7.85. The minimum atomic E-state index is -3.60. The number of likely N-dealkylation sites (tertiary alicyclic amines) is 1. The van der Waals surface area contributed by atoms with E-state index < -0.39 is 27.9 Å². The van der Waals surface area contributed by atoms with Crippen molar-refractivity contribution in [3.8, 4) is 0 Å². The van der Waals surface area contributed by atoms with Gasteiger partial charge in [0, 0.05) is 6.54 Å². The molecule has 3 rings (SSSR count). The Labute approximate surface area is 141 Å².